The van der Waals surface area contributed by atoms with Gasteiger partial charge < -0.3 is 15.2 Å². The van der Waals surface area contributed by atoms with Gasteiger partial charge in [0.15, 0.2) is 0 Å². The highest BCUT2D eigenvalue weighted by Gasteiger charge is 2.34. The van der Waals surface area contributed by atoms with E-state index in [4.69, 9.17) is 5.73 Å². The smallest absolute Gasteiger partial charge is 0.256 e. The number of aromatic nitrogens is 4. The van der Waals surface area contributed by atoms with Gasteiger partial charge in [0.25, 0.3) is 5.91 Å². The van der Waals surface area contributed by atoms with Crippen LogP contribution in [0.1, 0.15) is 27.8 Å². The lowest BCUT2D eigenvalue weighted by molar-refractivity contribution is 0.0664. The molecular formula is C23H21F3N6O. The van der Waals surface area contributed by atoms with Crippen LogP contribution in [0.2, 0.25) is 0 Å². The first-order chi connectivity index (χ1) is 15.9. The predicted octanol–water partition coefficient (Wildman–Crippen LogP) is 3.34. The van der Waals surface area contributed by atoms with E-state index < -0.39 is 24.5 Å². The predicted molar refractivity (Wildman–Crippen MR) is 116 cm³/mol. The second kappa shape index (κ2) is 8.04. The molecule has 170 valence electrons. The fourth-order valence-corrected chi connectivity index (χ4v) is 4.57. The molecule has 1 atom stereocenters. The molecule has 2 N–H and O–H groups in total. The number of fused-ring (bicyclic) bond motifs is 2. The summed E-state index contributed by atoms with van der Waals surface area (Å²) in [5.74, 6) is -1.65. The minimum absolute atomic E-state index is 0.151. The van der Waals surface area contributed by atoms with E-state index in [-0.39, 0.29) is 12.5 Å². The summed E-state index contributed by atoms with van der Waals surface area (Å²) in [6, 6.07) is 6.67. The van der Waals surface area contributed by atoms with Crippen LogP contribution in [-0.4, -0.2) is 43.4 Å². The Bertz CT molecular complexity index is 1360. The lowest BCUT2D eigenvalue weighted by atomic mass is 9.97. The molecule has 4 aromatic rings. The number of alkyl halides is 1. The van der Waals surface area contributed by atoms with E-state index in [1.807, 2.05) is 0 Å². The SMILES string of the molecule is Cn1nc2c(c1-c1cc(F)cc(F)c1)CCN(C(=O)c1ccnc3c1ccn3CCF)[C@H]2N. The van der Waals surface area contributed by atoms with Crippen LogP contribution >= 0.6 is 0 Å². The number of hydrogen-bond acceptors (Lipinski definition) is 4. The largest absolute Gasteiger partial charge is 0.330 e. The normalized spacial score (nSPS) is 15.8. The van der Waals surface area contributed by atoms with Crippen LogP contribution in [0.3, 0.4) is 0 Å². The van der Waals surface area contributed by atoms with Gasteiger partial charge >= 0.3 is 0 Å². The van der Waals surface area contributed by atoms with Crippen molar-refractivity contribution < 1.29 is 18.0 Å². The quantitative estimate of drug-likeness (QED) is 0.513. The minimum Gasteiger partial charge on any atom is -0.330 e. The van der Waals surface area contributed by atoms with Crippen LogP contribution < -0.4 is 5.73 Å². The number of nitrogens with zero attached hydrogens (tertiary/aromatic N) is 5. The van der Waals surface area contributed by atoms with Gasteiger partial charge in [-0.3, -0.25) is 9.48 Å². The van der Waals surface area contributed by atoms with Gasteiger partial charge in [-0.15, -0.1) is 0 Å². The number of rotatable bonds is 4. The van der Waals surface area contributed by atoms with Crippen molar-refractivity contribution in [3.63, 3.8) is 0 Å². The van der Waals surface area contributed by atoms with Crippen LogP contribution in [0.25, 0.3) is 22.3 Å². The first kappa shape index (κ1) is 21.2. The third-order valence-electron chi connectivity index (χ3n) is 6.01. The third kappa shape index (κ3) is 3.46. The van der Waals surface area contributed by atoms with E-state index in [9.17, 15) is 18.0 Å². The molecule has 7 nitrogen and oxygen atoms in total. The van der Waals surface area contributed by atoms with Gasteiger partial charge in [-0.2, -0.15) is 5.10 Å². The Labute approximate surface area is 187 Å². The second-order valence-corrected chi connectivity index (χ2v) is 7.98. The molecular weight excluding hydrogens is 433 g/mol. The Balaban J connectivity index is 1.51. The topological polar surface area (TPSA) is 82.0 Å². The monoisotopic (exact) mass is 454 g/mol. The van der Waals surface area contributed by atoms with Gasteiger partial charge in [0, 0.05) is 48.6 Å². The summed E-state index contributed by atoms with van der Waals surface area (Å²) in [4.78, 5) is 19.3. The fraction of sp³-hybridized carbons (Fsp3) is 0.261. The van der Waals surface area contributed by atoms with Crippen LogP contribution in [-0.2, 0) is 20.0 Å². The van der Waals surface area contributed by atoms with E-state index in [1.165, 1.54) is 27.9 Å². The number of benzene rings is 1. The zero-order valence-electron chi connectivity index (χ0n) is 17.8. The molecule has 0 unspecified atom stereocenters. The zero-order chi connectivity index (χ0) is 23.3. The molecule has 3 aromatic heterocycles. The standard InChI is InChI=1S/C23H21F3N6O/c1-30-20(13-10-14(25)12-15(26)11-13)18-4-8-32(21(27)19(18)29-30)23(33)17-2-6-28-22-16(17)3-7-31(22)9-5-24/h2-3,6-7,10-12,21H,4-5,8-9,27H2,1H3/t21-/m1/s1. The molecule has 1 aliphatic rings. The molecule has 5 rings (SSSR count). The number of hydrogen-bond donors (Lipinski definition) is 1. The molecule has 0 spiro atoms. The first-order valence-corrected chi connectivity index (χ1v) is 10.5. The van der Waals surface area contributed by atoms with E-state index in [2.05, 4.69) is 10.1 Å². The molecule has 1 aromatic carbocycles. The summed E-state index contributed by atoms with van der Waals surface area (Å²) < 4.78 is 43.7. The lowest BCUT2D eigenvalue weighted by Crippen LogP contribution is -2.44. The molecule has 10 heteroatoms. The molecule has 0 saturated heterocycles. The molecule has 0 saturated carbocycles. The number of nitrogens with two attached hydrogens (primary N) is 1. The van der Waals surface area contributed by atoms with Crippen molar-refractivity contribution in [1.82, 2.24) is 24.2 Å². The molecule has 0 fully saturated rings. The highest BCUT2D eigenvalue weighted by molar-refractivity contribution is 6.05. The van der Waals surface area contributed by atoms with E-state index >= 15 is 0 Å². The minimum atomic E-state index is -0.837. The summed E-state index contributed by atoms with van der Waals surface area (Å²) in [5, 5.41) is 5.10. The molecule has 1 aliphatic heterocycles. The highest BCUT2D eigenvalue weighted by Crippen LogP contribution is 2.35. The highest BCUT2D eigenvalue weighted by atomic mass is 19.1. The molecule has 4 heterocycles. The van der Waals surface area contributed by atoms with Crippen molar-refractivity contribution in [1.29, 1.82) is 0 Å². The number of amides is 1. The van der Waals surface area contributed by atoms with Crippen molar-refractivity contribution >= 4 is 16.9 Å². The number of carbonyl (C=O) groups is 1. The Hall–Kier alpha value is -3.66. The van der Waals surface area contributed by atoms with Crippen LogP contribution in [0.4, 0.5) is 13.2 Å². The summed E-state index contributed by atoms with van der Waals surface area (Å²) in [6.07, 6.45) is 2.80. The van der Waals surface area contributed by atoms with Crippen molar-refractivity contribution in [2.45, 2.75) is 19.1 Å². The van der Waals surface area contributed by atoms with Gasteiger partial charge in [0.1, 0.15) is 35.8 Å². The maximum absolute atomic E-state index is 13.8. The number of aryl methyl sites for hydroxylation is 2. The maximum Gasteiger partial charge on any atom is 0.256 e. The molecule has 0 aliphatic carbocycles. The molecule has 1 amide bonds. The van der Waals surface area contributed by atoms with Crippen molar-refractivity contribution in [3.8, 4) is 11.3 Å². The van der Waals surface area contributed by atoms with Gasteiger partial charge in [0.2, 0.25) is 0 Å². The second-order valence-electron chi connectivity index (χ2n) is 7.98. The number of pyridine rings is 1. The fourth-order valence-electron chi connectivity index (χ4n) is 4.57. The molecule has 0 bridgehead atoms. The van der Waals surface area contributed by atoms with Crippen molar-refractivity contribution in [2.24, 2.45) is 12.8 Å². The van der Waals surface area contributed by atoms with Gasteiger partial charge in [0.05, 0.1) is 17.8 Å². The van der Waals surface area contributed by atoms with Gasteiger partial charge in [-0.25, -0.2) is 18.2 Å². The number of carbonyl (C=O) groups excluding carboxylic acids is 1. The molecule has 33 heavy (non-hydrogen) atoms. The maximum atomic E-state index is 13.8. The van der Waals surface area contributed by atoms with Crippen LogP contribution in [0, 0.1) is 11.6 Å². The average Bonchev–Trinajstić information content (AvgIpc) is 3.34. The van der Waals surface area contributed by atoms with Gasteiger partial charge in [-0.1, -0.05) is 0 Å². The summed E-state index contributed by atoms with van der Waals surface area (Å²) in [6.45, 7) is -0.0861. The Morgan fingerprint density at radius 2 is 1.97 bits per heavy atom. The summed E-state index contributed by atoms with van der Waals surface area (Å²) in [5.41, 5.74) is 9.57. The molecule has 0 radical (unpaired) electrons. The zero-order valence-corrected chi connectivity index (χ0v) is 17.8. The van der Waals surface area contributed by atoms with Crippen molar-refractivity contribution in [3.05, 3.63) is 71.2 Å². The van der Waals surface area contributed by atoms with Crippen LogP contribution in [0.15, 0.2) is 42.7 Å². The van der Waals surface area contributed by atoms with Gasteiger partial charge in [-0.05, 0) is 30.7 Å². The Morgan fingerprint density at radius 3 is 2.70 bits per heavy atom. The Morgan fingerprint density at radius 1 is 1.21 bits per heavy atom. The van der Waals surface area contributed by atoms with Crippen molar-refractivity contribution in [2.75, 3.05) is 13.2 Å². The number of halogens is 3. The van der Waals surface area contributed by atoms with E-state index in [0.29, 0.717) is 46.5 Å². The summed E-state index contributed by atoms with van der Waals surface area (Å²) >= 11 is 0. The lowest BCUT2D eigenvalue weighted by Gasteiger charge is -2.32. The first-order valence-electron chi connectivity index (χ1n) is 10.5. The third-order valence-corrected chi connectivity index (χ3v) is 6.01. The average molecular weight is 454 g/mol. The van der Waals surface area contributed by atoms with E-state index in [1.54, 1.807) is 29.9 Å². The van der Waals surface area contributed by atoms with E-state index in [0.717, 1.165) is 11.6 Å². The summed E-state index contributed by atoms with van der Waals surface area (Å²) in [7, 11) is 1.68. The van der Waals surface area contributed by atoms with Crippen LogP contribution in [0.5, 0.6) is 0 Å². The Kier molecular flexibility index (Phi) is 5.16.